The Morgan fingerprint density at radius 2 is 2.07 bits per heavy atom. The molecule has 0 amide bonds. The molecule has 1 aromatic carbocycles. The van der Waals surface area contributed by atoms with Gasteiger partial charge in [0.15, 0.2) is 10.7 Å². The smallest absolute Gasteiger partial charge is 0.295 e. The number of nitrogens with zero attached hydrogens (tertiary/aromatic N) is 4. The van der Waals surface area contributed by atoms with Crippen LogP contribution in [0.3, 0.4) is 0 Å². The Morgan fingerprint density at radius 1 is 1.31 bits per heavy atom. The number of rotatable bonds is 6. The largest absolute Gasteiger partial charge is 0.446 e. The van der Waals surface area contributed by atoms with Gasteiger partial charge < -0.3 is 0 Å². The molecule has 2 aromatic heterocycles. The Bertz CT molecular complexity index is 1220. The first-order valence-electron chi connectivity index (χ1n) is 8.05. The van der Waals surface area contributed by atoms with E-state index in [-0.39, 0.29) is 27.3 Å². The van der Waals surface area contributed by atoms with Gasteiger partial charge in [0.05, 0.1) is 10.2 Å². The number of nitrogens with one attached hydrogen (secondary N) is 1. The Hall–Kier alpha value is -2.07. The highest BCUT2D eigenvalue weighted by atomic mass is 79.9. The van der Waals surface area contributed by atoms with Crippen molar-refractivity contribution in [3.05, 3.63) is 39.0 Å². The minimum atomic E-state index is -3.76. The van der Waals surface area contributed by atoms with E-state index in [1.54, 1.807) is 0 Å². The van der Waals surface area contributed by atoms with E-state index in [9.17, 15) is 17.6 Å². The molecule has 15 heteroatoms. The zero-order valence-electron chi connectivity index (χ0n) is 14.3. The molecule has 11 nitrogen and oxygen atoms in total. The molecule has 1 aliphatic rings. The molecule has 3 N–H and O–H groups in total. The van der Waals surface area contributed by atoms with Crippen molar-refractivity contribution in [1.82, 2.24) is 24.8 Å². The SMILES string of the molecule is NS(=O)(=O)NC1CC(Sc2nonc2-c2noc(=O)n2-c2ccc(F)c(Br)c2)C1. The third-order valence-corrected chi connectivity index (χ3v) is 6.62. The average Bonchev–Trinajstić information content (AvgIpc) is 3.20. The quantitative estimate of drug-likeness (QED) is 0.500. The monoisotopic (exact) mass is 506 g/mol. The fourth-order valence-electron chi connectivity index (χ4n) is 2.79. The molecule has 0 aliphatic heterocycles. The van der Waals surface area contributed by atoms with Gasteiger partial charge in [0.25, 0.3) is 10.2 Å². The molecule has 0 atom stereocenters. The van der Waals surface area contributed by atoms with Crippen molar-refractivity contribution in [3.63, 3.8) is 0 Å². The molecule has 0 saturated heterocycles. The van der Waals surface area contributed by atoms with Crippen LogP contribution in [0.15, 0.2) is 41.6 Å². The number of thioether (sulfide) groups is 1. The van der Waals surface area contributed by atoms with E-state index in [0.717, 1.165) is 4.57 Å². The molecule has 29 heavy (non-hydrogen) atoms. The van der Waals surface area contributed by atoms with E-state index >= 15 is 0 Å². The van der Waals surface area contributed by atoms with Crippen LogP contribution in [0.25, 0.3) is 17.2 Å². The van der Waals surface area contributed by atoms with Crippen LogP contribution in [-0.4, -0.2) is 39.7 Å². The topological polar surface area (TPSA) is 159 Å². The zero-order chi connectivity index (χ0) is 20.8. The van der Waals surface area contributed by atoms with Crippen LogP contribution in [0, 0.1) is 5.82 Å². The number of aromatic nitrogens is 4. The standard InChI is InChI=1S/C14H12BrFN6O5S2/c15-9-5-7(1-2-10(9)16)22-12(19-26-14(22)23)11-13(20-27-18-11)28-8-3-6(4-8)21-29(17,24)25/h1-2,5-6,8,21H,3-4H2,(H2,17,24,25). The van der Waals surface area contributed by atoms with E-state index in [1.165, 1.54) is 30.0 Å². The predicted octanol–water partition coefficient (Wildman–Crippen LogP) is 1.19. The summed E-state index contributed by atoms with van der Waals surface area (Å²) in [6, 6.07) is 3.71. The molecule has 0 unspecified atom stereocenters. The van der Waals surface area contributed by atoms with E-state index in [1.807, 2.05) is 0 Å². The van der Waals surface area contributed by atoms with Crippen molar-refractivity contribution < 1.29 is 22.0 Å². The summed E-state index contributed by atoms with van der Waals surface area (Å²) in [5, 5.41) is 16.7. The molecule has 154 valence electrons. The minimum Gasteiger partial charge on any atom is -0.295 e. The number of nitrogens with two attached hydrogens (primary N) is 1. The van der Waals surface area contributed by atoms with Gasteiger partial charge in [-0.15, -0.1) is 0 Å². The third kappa shape index (κ3) is 4.28. The fraction of sp³-hybridized carbons (Fsp3) is 0.286. The molecule has 2 heterocycles. The van der Waals surface area contributed by atoms with E-state index < -0.39 is 21.8 Å². The maximum atomic E-state index is 13.5. The maximum Gasteiger partial charge on any atom is 0.446 e. The molecule has 0 spiro atoms. The van der Waals surface area contributed by atoms with Gasteiger partial charge in [-0.1, -0.05) is 16.9 Å². The molecule has 1 fully saturated rings. The van der Waals surface area contributed by atoms with E-state index in [0.29, 0.717) is 23.6 Å². The van der Waals surface area contributed by atoms with Crippen molar-refractivity contribution in [2.75, 3.05) is 0 Å². The second-order valence-corrected chi connectivity index (χ2v) is 9.66. The summed E-state index contributed by atoms with van der Waals surface area (Å²) in [5.41, 5.74) is 0.476. The predicted molar refractivity (Wildman–Crippen MR) is 102 cm³/mol. The summed E-state index contributed by atoms with van der Waals surface area (Å²) in [6.07, 6.45) is 1.06. The van der Waals surface area contributed by atoms with Crippen LogP contribution in [-0.2, 0) is 10.2 Å². The summed E-state index contributed by atoms with van der Waals surface area (Å²) in [4.78, 5) is 12.2. The molecule has 1 saturated carbocycles. The van der Waals surface area contributed by atoms with Crippen molar-refractivity contribution in [3.8, 4) is 17.2 Å². The lowest BCUT2D eigenvalue weighted by Crippen LogP contribution is -2.47. The van der Waals surface area contributed by atoms with Crippen molar-refractivity contribution in [2.24, 2.45) is 5.14 Å². The summed E-state index contributed by atoms with van der Waals surface area (Å²) in [6.45, 7) is 0. The van der Waals surface area contributed by atoms with E-state index in [2.05, 4.69) is 36.1 Å². The lowest BCUT2D eigenvalue weighted by Gasteiger charge is -2.33. The second kappa shape index (κ2) is 7.64. The van der Waals surface area contributed by atoms with Crippen LogP contribution >= 0.6 is 27.7 Å². The van der Waals surface area contributed by atoms with Gasteiger partial charge in [-0.3, -0.25) is 4.52 Å². The van der Waals surface area contributed by atoms with Gasteiger partial charge >= 0.3 is 5.76 Å². The highest BCUT2D eigenvalue weighted by Crippen LogP contribution is 2.39. The summed E-state index contributed by atoms with van der Waals surface area (Å²) in [5.74, 6) is -1.25. The average molecular weight is 507 g/mol. The van der Waals surface area contributed by atoms with Crippen LogP contribution in [0.5, 0.6) is 0 Å². The van der Waals surface area contributed by atoms with Crippen LogP contribution < -0.4 is 15.6 Å². The highest BCUT2D eigenvalue weighted by Gasteiger charge is 2.34. The minimum absolute atomic E-state index is 0.0342. The maximum absolute atomic E-state index is 13.5. The first-order valence-corrected chi connectivity index (χ1v) is 11.3. The van der Waals surface area contributed by atoms with Crippen LogP contribution in [0.4, 0.5) is 4.39 Å². The first-order chi connectivity index (χ1) is 13.7. The molecule has 0 radical (unpaired) electrons. The van der Waals surface area contributed by atoms with Gasteiger partial charge in [0, 0.05) is 11.3 Å². The van der Waals surface area contributed by atoms with Crippen molar-refractivity contribution >= 4 is 37.9 Å². The Labute approximate surface area is 175 Å². The molecular formula is C14H12BrFN6O5S2. The van der Waals surface area contributed by atoms with Gasteiger partial charge in [-0.25, -0.2) is 23.5 Å². The Morgan fingerprint density at radius 3 is 2.76 bits per heavy atom. The number of hydrogen-bond acceptors (Lipinski definition) is 9. The molecule has 4 rings (SSSR count). The Kier molecular flexibility index (Phi) is 5.32. The highest BCUT2D eigenvalue weighted by molar-refractivity contribution is 9.10. The number of hydrogen-bond donors (Lipinski definition) is 2. The lowest BCUT2D eigenvalue weighted by atomic mass is 9.93. The zero-order valence-corrected chi connectivity index (χ0v) is 17.5. The van der Waals surface area contributed by atoms with Crippen molar-refractivity contribution in [2.45, 2.75) is 29.2 Å². The molecular weight excluding hydrogens is 495 g/mol. The number of benzene rings is 1. The van der Waals surface area contributed by atoms with Gasteiger partial charge in [0.2, 0.25) is 5.82 Å². The van der Waals surface area contributed by atoms with Gasteiger partial charge in [-0.05, 0) is 57.3 Å². The van der Waals surface area contributed by atoms with E-state index in [4.69, 9.17) is 14.3 Å². The molecule has 3 aromatic rings. The van der Waals surface area contributed by atoms with Crippen LogP contribution in [0.2, 0.25) is 0 Å². The summed E-state index contributed by atoms with van der Waals surface area (Å²) < 4.78 is 48.8. The van der Waals surface area contributed by atoms with Crippen LogP contribution in [0.1, 0.15) is 12.8 Å². The normalized spacial score (nSPS) is 19.3. The lowest BCUT2D eigenvalue weighted by molar-refractivity contribution is 0.299. The van der Waals surface area contributed by atoms with Gasteiger partial charge in [-0.2, -0.15) is 13.1 Å². The second-order valence-electron chi connectivity index (χ2n) is 6.19. The summed E-state index contributed by atoms with van der Waals surface area (Å²) in [7, 11) is -3.76. The van der Waals surface area contributed by atoms with Gasteiger partial charge in [0.1, 0.15) is 5.82 Å². The number of halogens is 2. The summed E-state index contributed by atoms with van der Waals surface area (Å²) >= 11 is 4.37. The van der Waals surface area contributed by atoms with Crippen molar-refractivity contribution in [1.29, 1.82) is 0 Å². The third-order valence-electron chi connectivity index (χ3n) is 4.14. The Balaban J connectivity index is 1.58. The molecule has 1 aliphatic carbocycles. The fourth-order valence-corrected chi connectivity index (χ4v) is 5.11. The first kappa shape index (κ1) is 20.2. The molecule has 0 bridgehead atoms.